The summed E-state index contributed by atoms with van der Waals surface area (Å²) >= 11 is 0. The molecule has 134 valence electrons. The minimum Gasteiger partial charge on any atom is -0.368 e. The molecule has 0 bridgehead atoms. The zero-order valence-electron chi connectivity index (χ0n) is 13.8. The minimum absolute atomic E-state index is 0.180. The summed E-state index contributed by atoms with van der Waals surface area (Å²) in [4.78, 5) is 16.2. The Morgan fingerprint density at radius 3 is 2.48 bits per heavy atom. The molecule has 1 amide bonds. The van der Waals surface area contributed by atoms with E-state index in [1.807, 2.05) is 25.1 Å². The lowest BCUT2D eigenvalue weighted by Gasteiger charge is -2.36. The van der Waals surface area contributed by atoms with Gasteiger partial charge in [-0.15, -0.1) is 0 Å². The third-order valence-electron chi connectivity index (χ3n) is 4.23. The van der Waals surface area contributed by atoms with Gasteiger partial charge >= 0.3 is 6.18 Å². The maximum absolute atomic E-state index is 12.5. The first kappa shape index (κ1) is 17.3. The van der Waals surface area contributed by atoms with E-state index in [1.54, 1.807) is 4.90 Å². The summed E-state index contributed by atoms with van der Waals surface area (Å²) in [5.41, 5.74) is 1.31. The fourth-order valence-corrected chi connectivity index (χ4v) is 2.88. The van der Waals surface area contributed by atoms with Crippen LogP contribution in [0.2, 0.25) is 0 Å². The van der Waals surface area contributed by atoms with Gasteiger partial charge in [-0.2, -0.15) is 18.3 Å². The zero-order chi connectivity index (χ0) is 18.0. The van der Waals surface area contributed by atoms with Crippen LogP contribution in [0.3, 0.4) is 0 Å². The Labute approximate surface area is 143 Å². The summed E-state index contributed by atoms with van der Waals surface area (Å²) in [5.74, 6) is -0.222. The highest BCUT2D eigenvalue weighted by Crippen LogP contribution is 2.27. The number of aromatic nitrogens is 2. The van der Waals surface area contributed by atoms with Gasteiger partial charge in [0.25, 0.3) is 0 Å². The van der Waals surface area contributed by atoms with E-state index in [-0.39, 0.29) is 12.5 Å². The lowest BCUT2D eigenvalue weighted by Crippen LogP contribution is -2.49. The van der Waals surface area contributed by atoms with Crippen LogP contribution in [0.5, 0.6) is 0 Å². The number of nitrogens with zero attached hydrogens (tertiary/aromatic N) is 4. The van der Waals surface area contributed by atoms with E-state index in [9.17, 15) is 18.0 Å². The van der Waals surface area contributed by atoms with E-state index < -0.39 is 11.9 Å². The Bertz CT molecular complexity index is 748. The first-order valence-corrected chi connectivity index (χ1v) is 8.03. The van der Waals surface area contributed by atoms with Crippen molar-refractivity contribution in [1.29, 1.82) is 0 Å². The first-order chi connectivity index (χ1) is 11.8. The van der Waals surface area contributed by atoms with E-state index in [1.165, 1.54) is 11.8 Å². The second-order valence-corrected chi connectivity index (χ2v) is 6.10. The van der Waals surface area contributed by atoms with Gasteiger partial charge in [-0.05, 0) is 30.7 Å². The minimum atomic E-state index is -4.49. The summed E-state index contributed by atoms with van der Waals surface area (Å²) in [6, 6.07) is 9.04. The number of halogens is 3. The van der Waals surface area contributed by atoms with Crippen molar-refractivity contribution in [2.45, 2.75) is 19.6 Å². The molecule has 0 spiro atoms. The highest BCUT2D eigenvalue weighted by Gasteiger charge is 2.33. The predicted octanol–water partition coefficient (Wildman–Crippen LogP) is 2.56. The molecule has 0 aliphatic carbocycles. The predicted molar refractivity (Wildman–Crippen MR) is 87.2 cm³/mol. The quantitative estimate of drug-likeness (QED) is 0.853. The number of hydrogen-bond acceptors (Lipinski definition) is 3. The molecule has 2 heterocycles. The number of carbonyl (C=O) groups is 1. The van der Waals surface area contributed by atoms with Crippen molar-refractivity contribution in [3.05, 3.63) is 47.8 Å². The monoisotopic (exact) mass is 352 g/mol. The van der Waals surface area contributed by atoms with E-state index in [0.29, 0.717) is 26.2 Å². The van der Waals surface area contributed by atoms with Crippen LogP contribution in [0.1, 0.15) is 11.3 Å². The summed E-state index contributed by atoms with van der Waals surface area (Å²) in [6.07, 6.45) is -3.31. The van der Waals surface area contributed by atoms with Gasteiger partial charge in [0.2, 0.25) is 5.91 Å². The van der Waals surface area contributed by atoms with Gasteiger partial charge in [-0.3, -0.25) is 9.48 Å². The standard InChI is InChI=1S/C17H19F3N4O/c1-13-3-2-4-14(11-13)22-7-9-23(10-8-22)16(25)12-24-6-5-15(21-24)17(18,19)20/h2-6,11H,7-10,12H2,1H3. The Balaban J connectivity index is 1.56. The second kappa shape index (κ2) is 6.78. The van der Waals surface area contributed by atoms with Crippen LogP contribution < -0.4 is 4.90 Å². The molecule has 0 atom stereocenters. The summed E-state index contributed by atoms with van der Waals surface area (Å²) in [7, 11) is 0. The molecule has 1 fully saturated rings. The topological polar surface area (TPSA) is 41.4 Å². The third-order valence-corrected chi connectivity index (χ3v) is 4.23. The third kappa shape index (κ3) is 4.12. The maximum Gasteiger partial charge on any atom is 0.435 e. The Morgan fingerprint density at radius 1 is 1.16 bits per heavy atom. The Hall–Kier alpha value is -2.51. The normalized spacial score (nSPS) is 15.5. The van der Waals surface area contributed by atoms with Crippen LogP contribution >= 0.6 is 0 Å². The van der Waals surface area contributed by atoms with E-state index in [4.69, 9.17) is 0 Å². The van der Waals surface area contributed by atoms with E-state index in [0.717, 1.165) is 16.4 Å². The van der Waals surface area contributed by atoms with Crippen molar-refractivity contribution in [2.75, 3.05) is 31.1 Å². The van der Waals surface area contributed by atoms with Gasteiger partial charge in [0.1, 0.15) is 6.54 Å². The number of aryl methyl sites for hydroxylation is 1. The number of amides is 1. The highest BCUT2D eigenvalue weighted by atomic mass is 19.4. The van der Waals surface area contributed by atoms with Crippen LogP contribution in [0.15, 0.2) is 36.5 Å². The van der Waals surface area contributed by atoms with Crippen molar-refractivity contribution in [3.63, 3.8) is 0 Å². The van der Waals surface area contributed by atoms with Gasteiger partial charge in [0.15, 0.2) is 5.69 Å². The average molecular weight is 352 g/mol. The van der Waals surface area contributed by atoms with Gasteiger partial charge < -0.3 is 9.80 Å². The molecule has 0 saturated carbocycles. The van der Waals surface area contributed by atoms with Crippen molar-refractivity contribution >= 4 is 11.6 Å². The lowest BCUT2D eigenvalue weighted by atomic mass is 10.2. The zero-order valence-corrected chi connectivity index (χ0v) is 13.8. The molecule has 1 saturated heterocycles. The fraction of sp³-hybridized carbons (Fsp3) is 0.412. The number of alkyl halides is 3. The molecule has 2 aromatic rings. The van der Waals surface area contributed by atoms with Crippen molar-refractivity contribution in [2.24, 2.45) is 0 Å². The number of benzene rings is 1. The highest BCUT2D eigenvalue weighted by molar-refractivity contribution is 5.76. The molecule has 3 rings (SSSR count). The number of anilines is 1. The smallest absolute Gasteiger partial charge is 0.368 e. The molecule has 5 nitrogen and oxygen atoms in total. The summed E-state index contributed by atoms with van der Waals surface area (Å²) < 4.78 is 38.7. The van der Waals surface area contributed by atoms with Crippen molar-refractivity contribution in [1.82, 2.24) is 14.7 Å². The van der Waals surface area contributed by atoms with Crippen LogP contribution in [-0.4, -0.2) is 46.8 Å². The molecule has 25 heavy (non-hydrogen) atoms. The van der Waals surface area contributed by atoms with E-state index >= 15 is 0 Å². The number of piperazine rings is 1. The molecule has 1 aliphatic heterocycles. The molecule has 1 aromatic carbocycles. The van der Waals surface area contributed by atoms with Crippen LogP contribution in [0.4, 0.5) is 18.9 Å². The van der Waals surface area contributed by atoms with Crippen molar-refractivity contribution < 1.29 is 18.0 Å². The maximum atomic E-state index is 12.5. The average Bonchev–Trinajstić information content (AvgIpc) is 3.04. The molecule has 1 aromatic heterocycles. The molecule has 0 unspecified atom stereocenters. The van der Waals surface area contributed by atoms with Gasteiger partial charge in [-0.25, -0.2) is 0 Å². The van der Waals surface area contributed by atoms with Crippen molar-refractivity contribution in [3.8, 4) is 0 Å². The molecule has 8 heteroatoms. The Morgan fingerprint density at radius 2 is 1.88 bits per heavy atom. The Kier molecular flexibility index (Phi) is 4.69. The largest absolute Gasteiger partial charge is 0.435 e. The van der Waals surface area contributed by atoms with Gasteiger partial charge in [0, 0.05) is 38.1 Å². The molecule has 1 aliphatic rings. The number of hydrogen-bond donors (Lipinski definition) is 0. The number of carbonyl (C=O) groups excluding carboxylic acids is 1. The summed E-state index contributed by atoms with van der Waals surface area (Å²) in [5, 5.41) is 3.42. The van der Waals surface area contributed by atoms with Crippen LogP contribution in [0, 0.1) is 6.92 Å². The molecule has 0 N–H and O–H groups in total. The number of rotatable bonds is 3. The van der Waals surface area contributed by atoms with E-state index in [2.05, 4.69) is 16.1 Å². The molecular formula is C17H19F3N4O. The SMILES string of the molecule is Cc1cccc(N2CCN(C(=O)Cn3ccc(C(F)(F)F)n3)CC2)c1. The lowest BCUT2D eigenvalue weighted by molar-refractivity contribution is -0.142. The molecular weight excluding hydrogens is 333 g/mol. The summed E-state index contributed by atoms with van der Waals surface area (Å²) in [6.45, 7) is 4.33. The van der Waals surface area contributed by atoms with Crippen LogP contribution in [-0.2, 0) is 17.5 Å². The molecule has 0 radical (unpaired) electrons. The first-order valence-electron chi connectivity index (χ1n) is 8.03. The van der Waals surface area contributed by atoms with Crippen LogP contribution in [0.25, 0.3) is 0 Å². The van der Waals surface area contributed by atoms with Gasteiger partial charge in [0.05, 0.1) is 0 Å². The van der Waals surface area contributed by atoms with Gasteiger partial charge in [-0.1, -0.05) is 12.1 Å². The second-order valence-electron chi connectivity index (χ2n) is 6.10. The fourth-order valence-electron chi connectivity index (χ4n) is 2.88.